The summed E-state index contributed by atoms with van der Waals surface area (Å²) in [5.41, 5.74) is 1.45. The van der Waals surface area contributed by atoms with Gasteiger partial charge in [-0.05, 0) is 19.2 Å². The van der Waals surface area contributed by atoms with E-state index in [9.17, 15) is 9.90 Å². The predicted octanol–water partition coefficient (Wildman–Crippen LogP) is 2.43. The highest BCUT2D eigenvalue weighted by Gasteiger charge is 2.09. The van der Waals surface area contributed by atoms with Crippen LogP contribution in [0.5, 0.6) is 0 Å². The molecule has 1 atom stereocenters. The highest BCUT2D eigenvalue weighted by molar-refractivity contribution is 7.98. The van der Waals surface area contributed by atoms with Gasteiger partial charge in [-0.2, -0.15) is 11.8 Å². The Balaban J connectivity index is 2.69. The fourth-order valence-electron chi connectivity index (χ4n) is 1.38. The van der Waals surface area contributed by atoms with Crippen molar-refractivity contribution in [2.24, 2.45) is 0 Å². The summed E-state index contributed by atoms with van der Waals surface area (Å²) in [5, 5.41) is 12.4. The van der Waals surface area contributed by atoms with Crippen molar-refractivity contribution in [2.75, 3.05) is 17.3 Å². The van der Waals surface area contributed by atoms with E-state index < -0.39 is 6.10 Å². The number of anilines is 1. The lowest BCUT2D eigenvalue weighted by atomic mass is 10.1. The Hall–Kier alpha value is -1.00. The second-order valence-electron chi connectivity index (χ2n) is 3.55. The SMILES string of the molecule is CSCCC(=O)Nc1ccccc1C(C)O. The summed E-state index contributed by atoms with van der Waals surface area (Å²) in [6.07, 6.45) is 1.89. The number of hydrogen-bond acceptors (Lipinski definition) is 3. The molecule has 3 nitrogen and oxygen atoms in total. The number of aliphatic hydroxyl groups excluding tert-OH is 1. The molecule has 16 heavy (non-hydrogen) atoms. The van der Waals surface area contributed by atoms with Crippen LogP contribution < -0.4 is 5.32 Å². The van der Waals surface area contributed by atoms with Gasteiger partial charge in [-0.25, -0.2) is 0 Å². The Bertz CT molecular complexity index is 353. The van der Waals surface area contributed by atoms with Crippen molar-refractivity contribution in [3.8, 4) is 0 Å². The Labute approximate surface area is 100 Å². The van der Waals surface area contributed by atoms with E-state index in [1.807, 2.05) is 24.5 Å². The molecular weight excluding hydrogens is 222 g/mol. The third-order valence-corrected chi connectivity index (χ3v) is 2.83. The van der Waals surface area contributed by atoms with Crippen molar-refractivity contribution in [1.29, 1.82) is 0 Å². The third-order valence-electron chi connectivity index (χ3n) is 2.22. The van der Waals surface area contributed by atoms with Gasteiger partial charge in [-0.15, -0.1) is 0 Å². The van der Waals surface area contributed by atoms with Crippen molar-refractivity contribution < 1.29 is 9.90 Å². The first-order valence-electron chi connectivity index (χ1n) is 5.21. The van der Waals surface area contributed by atoms with Crippen molar-refractivity contribution >= 4 is 23.4 Å². The van der Waals surface area contributed by atoms with Gasteiger partial charge in [-0.1, -0.05) is 18.2 Å². The smallest absolute Gasteiger partial charge is 0.225 e. The molecule has 4 heteroatoms. The largest absolute Gasteiger partial charge is 0.389 e. The topological polar surface area (TPSA) is 49.3 Å². The first kappa shape index (κ1) is 13.1. The molecule has 0 heterocycles. The maximum atomic E-state index is 11.5. The lowest BCUT2D eigenvalue weighted by Crippen LogP contribution is -2.14. The molecule has 1 amide bonds. The van der Waals surface area contributed by atoms with E-state index in [0.29, 0.717) is 12.1 Å². The molecule has 0 saturated heterocycles. The number of amides is 1. The standard InChI is InChI=1S/C12H17NO2S/c1-9(14)10-5-3-4-6-11(10)13-12(15)7-8-16-2/h3-6,9,14H,7-8H2,1-2H3,(H,13,15). The van der Waals surface area contributed by atoms with E-state index in [-0.39, 0.29) is 5.91 Å². The van der Waals surface area contributed by atoms with E-state index in [1.165, 1.54) is 0 Å². The van der Waals surface area contributed by atoms with Crippen LogP contribution in [0.3, 0.4) is 0 Å². The summed E-state index contributed by atoms with van der Waals surface area (Å²) in [7, 11) is 0. The monoisotopic (exact) mass is 239 g/mol. The van der Waals surface area contributed by atoms with E-state index in [2.05, 4.69) is 5.32 Å². The molecular formula is C12H17NO2S. The van der Waals surface area contributed by atoms with E-state index in [0.717, 1.165) is 11.3 Å². The second-order valence-corrected chi connectivity index (χ2v) is 4.54. The van der Waals surface area contributed by atoms with Crippen LogP contribution in [0.15, 0.2) is 24.3 Å². The maximum Gasteiger partial charge on any atom is 0.225 e. The predicted molar refractivity (Wildman–Crippen MR) is 68.7 cm³/mol. The molecule has 1 aromatic carbocycles. The lowest BCUT2D eigenvalue weighted by molar-refractivity contribution is -0.115. The Kier molecular flexibility index (Phi) is 5.35. The molecule has 2 N–H and O–H groups in total. The van der Waals surface area contributed by atoms with Crippen LogP contribution >= 0.6 is 11.8 Å². The zero-order valence-electron chi connectivity index (χ0n) is 9.56. The quantitative estimate of drug-likeness (QED) is 0.829. The summed E-state index contributed by atoms with van der Waals surface area (Å²) in [6, 6.07) is 7.31. The second kappa shape index (κ2) is 6.55. The molecule has 1 unspecified atom stereocenters. The fraction of sp³-hybridized carbons (Fsp3) is 0.417. The molecule has 0 aliphatic carbocycles. The van der Waals surface area contributed by atoms with Gasteiger partial charge in [0, 0.05) is 23.4 Å². The number of hydrogen-bond donors (Lipinski definition) is 2. The number of thioether (sulfide) groups is 1. The Morgan fingerprint density at radius 3 is 2.81 bits per heavy atom. The van der Waals surface area contributed by atoms with Gasteiger partial charge < -0.3 is 10.4 Å². The fourth-order valence-corrected chi connectivity index (χ4v) is 1.77. The number of nitrogens with one attached hydrogen (secondary N) is 1. The van der Waals surface area contributed by atoms with Crippen LogP contribution in [0.2, 0.25) is 0 Å². The minimum Gasteiger partial charge on any atom is -0.389 e. The number of aliphatic hydroxyl groups is 1. The van der Waals surface area contributed by atoms with E-state index >= 15 is 0 Å². The van der Waals surface area contributed by atoms with Crippen molar-refractivity contribution in [1.82, 2.24) is 0 Å². The van der Waals surface area contributed by atoms with E-state index in [4.69, 9.17) is 0 Å². The molecule has 1 aromatic rings. The summed E-state index contributed by atoms with van der Waals surface area (Å²) in [6.45, 7) is 1.69. The van der Waals surface area contributed by atoms with Crippen LogP contribution in [0, 0.1) is 0 Å². The summed E-state index contributed by atoms with van der Waals surface area (Å²) >= 11 is 1.64. The minimum absolute atomic E-state index is 0.0116. The van der Waals surface area contributed by atoms with Gasteiger partial charge in [0.2, 0.25) is 5.91 Å². The summed E-state index contributed by atoms with van der Waals surface area (Å²) in [5.74, 6) is 0.797. The molecule has 0 aliphatic heterocycles. The van der Waals surface area contributed by atoms with Gasteiger partial charge in [0.15, 0.2) is 0 Å². The summed E-state index contributed by atoms with van der Waals surface area (Å²) in [4.78, 5) is 11.5. The third kappa shape index (κ3) is 3.87. The molecule has 88 valence electrons. The molecule has 0 fully saturated rings. The number of benzene rings is 1. The molecule has 0 radical (unpaired) electrons. The molecule has 0 aliphatic rings. The van der Waals surface area contributed by atoms with Gasteiger partial charge in [0.1, 0.15) is 0 Å². The zero-order chi connectivity index (χ0) is 12.0. The average molecular weight is 239 g/mol. The number of carbonyl (C=O) groups is 1. The first-order valence-corrected chi connectivity index (χ1v) is 6.60. The Morgan fingerprint density at radius 2 is 2.19 bits per heavy atom. The molecule has 0 bridgehead atoms. The van der Waals surface area contributed by atoms with Crippen molar-refractivity contribution in [3.63, 3.8) is 0 Å². The molecule has 0 saturated carbocycles. The van der Waals surface area contributed by atoms with Crippen LogP contribution in [0.25, 0.3) is 0 Å². The van der Waals surface area contributed by atoms with Crippen LogP contribution in [0.4, 0.5) is 5.69 Å². The number of carbonyl (C=O) groups excluding carboxylic acids is 1. The highest BCUT2D eigenvalue weighted by atomic mass is 32.2. The molecule has 1 rings (SSSR count). The van der Waals surface area contributed by atoms with Gasteiger partial charge >= 0.3 is 0 Å². The van der Waals surface area contributed by atoms with Gasteiger partial charge in [0.05, 0.1) is 6.10 Å². The number of para-hydroxylation sites is 1. The number of rotatable bonds is 5. The highest BCUT2D eigenvalue weighted by Crippen LogP contribution is 2.22. The average Bonchev–Trinajstić information content (AvgIpc) is 2.27. The van der Waals surface area contributed by atoms with Crippen LogP contribution in [-0.2, 0) is 4.79 Å². The first-order chi connectivity index (χ1) is 7.65. The van der Waals surface area contributed by atoms with Crippen LogP contribution in [0.1, 0.15) is 25.0 Å². The van der Waals surface area contributed by atoms with Crippen LogP contribution in [-0.4, -0.2) is 23.0 Å². The van der Waals surface area contributed by atoms with Gasteiger partial charge in [0.25, 0.3) is 0 Å². The normalized spacial score (nSPS) is 12.2. The zero-order valence-corrected chi connectivity index (χ0v) is 10.4. The molecule has 0 spiro atoms. The minimum atomic E-state index is -0.572. The lowest BCUT2D eigenvalue weighted by Gasteiger charge is -2.12. The van der Waals surface area contributed by atoms with Crippen molar-refractivity contribution in [2.45, 2.75) is 19.4 Å². The van der Waals surface area contributed by atoms with E-state index in [1.54, 1.807) is 24.8 Å². The van der Waals surface area contributed by atoms with Gasteiger partial charge in [-0.3, -0.25) is 4.79 Å². The molecule has 0 aromatic heterocycles. The Morgan fingerprint density at radius 1 is 1.50 bits per heavy atom. The van der Waals surface area contributed by atoms with Crippen molar-refractivity contribution in [3.05, 3.63) is 29.8 Å². The summed E-state index contributed by atoms with van der Waals surface area (Å²) < 4.78 is 0. The maximum absolute atomic E-state index is 11.5.